The summed E-state index contributed by atoms with van der Waals surface area (Å²) in [5.41, 5.74) is 3.36. The molecular weight excluding hydrogens is 532 g/mol. The highest BCUT2D eigenvalue weighted by atomic mass is 79.9. The number of anilines is 2. The van der Waals surface area contributed by atoms with Crippen LogP contribution in [0.1, 0.15) is 23.7 Å². The van der Waals surface area contributed by atoms with E-state index in [0.717, 1.165) is 21.5 Å². The Hall–Kier alpha value is -3.43. The SMILES string of the molecule is CC(=O)Nc1cccc(C(=O)N(C)CCCNc2cc(-c3ccccc3Cl)nc3c(Br)cnn23)c1. The van der Waals surface area contributed by atoms with Gasteiger partial charge in [0.2, 0.25) is 5.91 Å². The van der Waals surface area contributed by atoms with E-state index in [9.17, 15) is 9.59 Å². The average molecular weight is 556 g/mol. The lowest BCUT2D eigenvalue weighted by Crippen LogP contribution is -2.29. The van der Waals surface area contributed by atoms with E-state index < -0.39 is 0 Å². The molecule has 2 aromatic heterocycles. The van der Waals surface area contributed by atoms with Gasteiger partial charge in [-0.05, 0) is 46.6 Å². The summed E-state index contributed by atoms with van der Waals surface area (Å²) < 4.78 is 2.51. The lowest BCUT2D eigenvalue weighted by atomic mass is 10.1. The molecule has 35 heavy (non-hydrogen) atoms. The largest absolute Gasteiger partial charge is 0.370 e. The van der Waals surface area contributed by atoms with Crippen LogP contribution in [0.5, 0.6) is 0 Å². The Morgan fingerprint density at radius 3 is 2.71 bits per heavy atom. The quantitative estimate of drug-likeness (QED) is 0.286. The third kappa shape index (κ3) is 5.80. The zero-order chi connectivity index (χ0) is 24.9. The number of hydrogen-bond donors (Lipinski definition) is 2. The summed E-state index contributed by atoms with van der Waals surface area (Å²) in [6.07, 6.45) is 2.41. The standard InChI is InChI=1S/C25H24BrClN6O2/c1-16(34)30-18-8-5-7-17(13-18)25(35)32(2)12-6-11-28-23-14-22(19-9-3-4-10-21(19)27)31-24-20(26)15-29-33(23)24/h3-5,7-10,13-15,28H,6,11-12H2,1-2H3,(H,30,34). The molecular formula is C25H24BrClN6O2. The topological polar surface area (TPSA) is 91.6 Å². The fourth-order valence-electron chi connectivity index (χ4n) is 3.66. The van der Waals surface area contributed by atoms with E-state index in [1.54, 1.807) is 46.9 Å². The number of aromatic nitrogens is 3. The lowest BCUT2D eigenvalue weighted by Gasteiger charge is -2.18. The second kappa shape index (κ2) is 10.9. The van der Waals surface area contributed by atoms with Crippen molar-refractivity contribution in [1.29, 1.82) is 0 Å². The molecule has 0 atom stereocenters. The van der Waals surface area contributed by atoms with Gasteiger partial charge in [0.15, 0.2) is 5.65 Å². The van der Waals surface area contributed by atoms with Crippen LogP contribution in [-0.4, -0.2) is 51.4 Å². The molecule has 0 saturated carbocycles. The molecule has 0 bridgehead atoms. The molecule has 2 amide bonds. The Kier molecular flexibility index (Phi) is 7.67. The molecule has 0 aliphatic carbocycles. The second-order valence-corrected chi connectivity index (χ2v) is 9.26. The Morgan fingerprint density at radius 1 is 1.14 bits per heavy atom. The average Bonchev–Trinajstić information content (AvgIpc) is 3.22. The first-order valence-corrected chi connectivity index (χ1v) is 12.2. The smallest absolute Gasteiger partial charge is 0.253 e. The number of carbonyl (C=O) groups is 2. The van der Waals surface area contributed by atoms with Gasteiger partial charge < -0.3 is 15.5 Å². The van der Waals surface area contributed by atoms with E-state index in [4.69, 9.17) is 16.6 Å². The van der Waals surface area contributed by atoms with E-state index in [1.165, 1.54) is 6.92 Å². The van der Waals surface area contributed by atoms with Crippen molar-refractivity contribution in [3.05, 3.63) is 75.9 Å². The maximum absolute atomic E-state index is 12.8. The summed E-state index contributed by atoms with van der Waals surface area (Å²) >= 11 is 9.91. The molecule has 0 radical (unpaired) electrons. The van der Waals surface area contributed by atoms with Crippen molar-refractivity contribution in [2.75, 3.05) is 30.8 Å². The number of hydrogen-bond acceptors (Lipinski definition) is 5. The van der Waals surface area contributed by atoms with Crippen molar-refractivity contribution >= 4 is 56.5 Å². The molecule has 0 aliphatic rings. The van der Waals surface area contributed by atoms with Crippen LogP contribution in [-0.2, 0) is 4.79 Å². The first-order valence-electron chi connectivity index (χ1n) is 11.0. The molecule has 2 N–H and O–H groups in total. The second-order valence-electron chi connectivity index (χ2n) is 8.00. The maximum Gasteiger partial charge on any atom is 0.253 e. The van der Waals surface area contributed by atoms with E-state index in [1.807, 2.05) is 30.3 Å². The van der Waals surface area contributed by atoms with E-state index in [-0.39, 0.29) is 11.8 Å². The van der Waals surface area contributed by atoms with Gasteiger partial charge in [-0.1, -0.05) is 35.9 Å². The number of nitrogens with one attached hydrogen (secondary N) is 2. The van der Waals surface area contributed by atoms with Gasteiger partial charge in [0, 0.05) is 55.0 Å². The predicted octanol–water partition coefficient (Wildman–Crippen LogP) is 5.34. The van der Waals surface area contributed by atoms with E-state index >= 15 is 0 Å². The van der Waals surface area contributed by atoms with Gasteiger partial charge in [-0.15, -0.1) is 0 Å². The summed E-state index contributed by atoms with van der Waals surface area (Å²) in [5.74, 6) is 0.481. The van der Waals surface area contributed by atoms with Crippen molar-refractivity contribution < 1.29 is 9.59 Å². The number of fused-ring (bicyclic) bond motifs is 1. The van der Waals surface area contributed by atoms with Crippen molar-refractivity contribution in [1.82, 2.24) is 19.5 Å². The monoisotopic (exact) mass is 554 g/mol. The van der Waals surface area contributed by atoms with Crippen LogP contribution in [0.25, 0.3) is 16.9 Å². The number of halogens is 2. The molecule has 4 rings (SSSR count). The molecule has 0 unspecified atom stereocenters. The number of amides is 2. The van der Waals surface area contributed by atoms with Crippen LogP contribution in [0.4, 0.5) is 11.5 Å². The van der Waals surface area contributed by atoms with Gasteiger partial charge in [0.25, 0.3) is 5.91 Å². The highest BCUT2D eigenvalue weighted by molar-refractivity contribution is 9.10. The lowest BCUT2D eigenvalue weighted by molar-refractivity contribution is -0.114. The van der Waals surface area contributed by atoms with Crippen molar-refractivity contribution in [3.8, 4) is 11.3 Å². The number of nitrogens with zero attached hydrogens (tertiary/aromatic N) is 4. The fraction of sp³-hybridized carbons (Fsp3) is 0.200. The highest BCUT2D eigenvalue weighted by Gasteiger charge is 2.14. The first kappa shape index (κ1) is 24.7. The molecule has 0 fully saturated rings. The molecule has 2 aromatic carbocycles. The van der Waals surface area contributed by atoms with Crippen LogP contribution in [0.3, 0.4) is 0 Å². The normalized spacial score (nSPS) is 10.9. The molecule has 0 saturated heterocycles. The Labute approximate surface area is 216 Å². The van der Waals surface area contributed by atoms with Gasteiger partial charge in [-0.25, -0.2) is 4.98 Å². The Balaban J connectivity index is 1.42. The van der Waals surface area contributed by atoms with Gasteiger partial charge in [0.1, 0.15) is 5.82 Å². The number of benzene rings is 2. The molecule has 8 nitrogen and oxygen atoms in total. The summed E-state index contributed by atoms with van der Waals surface area (Å²) in [6.45, 7) is 2.59. The molecule has 2 heterocycles. The summed E-state index contributed by atoms with van der Waals surface area (Å²) in [5, 5.41) is 11.1. The number of carbonyl (C=O) groups excluding carboxylic acids is 2. The maximum atomic E-state index is 12.8. The van der Waals surface area contributed by atoms with Gasteiger partial charge >= 0.3 is 0 Å². The van der Waals surface area contributed by atoms with Crippen molar-refractivity contribution in [2.24, 2.45) is 0 Å². The molecule has 180 valence electrons. The predicted molar refractivity (Wildman–Crippen MR) is 142 cm³/mol. The Bertz CT molecular complexity index is 1390. The molecule has 0 spiro atoms. The van der Waals surface area contributed by atoms with Crippen LogP contribution in [0.2, 0.25) is 5.02 Å². The minimum absolute atomic E-state index is 0.111. The zero-order valence-corrected chi connectivity index (χ0v) is 21.6. The minimum atomic E-state index is -0.179. The zero-order valence-electron chi connectivity index (χ0n) is 19.3. The van der Waals surface area contributed by atoms with Crippen LogP contribution in [0.15, 0.2) is 65.3 Å². The van der Waals surface area contributed by atoms with Crippen LogP contribution in [0, 0.1) is 0 Å². The minimum Gasteiger partial charge on any atom is -0.370 e. The van der Waals surface area contributed by atoms with Gasteiger partial charge in [-0.2, -0.15) is 9.61 Å². The summed E-state index contributed by atoms with van der Waals surface area (Å²) in [6, 6.07) is 16.4. The van der Waals surface area contributed by atoms with Crippen LogP contribution < -0.4 is 10.6 Å². The van der Waals surface area contributed by atoms with Crippen molar-refractivity contribution in [2.45, 2.75) is 13.3 Å². The third-order valence-corrected chi connectivity index (χ3v) is 6.22. The highest BCUT2D eigenvalue weighted by Crippen LogP contribution is 2.30. The van der Waals surface area contributed by atoms with Gasteiger partial charge in [0.05, 0.1) is 16.4 Å². The molecule has 0 aliphatic heterocycles. The van der Waals surface area contributed by atoms with Gasteiger partial charge in [-0.3, -0.25) is 9.59 Å². The third-order valence-electron chi connectivity index (χ3n) is 5.33. The van der Waals surface area contributed by atoms with E-state index in [2.05, 4.69) is 31.7 Å². The number of rotatable bonds is 8. The first-order chi connectivity index (χ1) is 16.8. The molecule has 10 heteroatoms. The fourth-order valence-corrected chi connectivity index (χ4v) is 4.24. The van der Waals surface area contributed by atoms with E-state index in [0.29, 0.717) is 41.4 Å². The molecule has 4 aromatic rings. The van der Waals surface area contributed by atoms with Crippen LogP contribution >= 0.6 is 27.5 Å². The summed E-state index contributed by atoms with van der Waals surface area (Å²) in [7, 11) is 1.76. The summed E-state index contributed by atoms with van der Waals surface area (Å²) in [4.78, 5) is 30.5. The Morgan fingerprint density at radius 2 is 1.94 bits per heavy atom. The van der Waals surface area contributed by atoms with Crippen molar-refractivity contribution in [3.63, 3.8) is 0 Å².